The van der Waals surface area contributed by atoms with Crippen LogP contribution in [0.25, 0.3) is 0 Å². The Bertz CT molecular complexity index is 2100. The number of allylic oxidation sites excluding steroid dienone is 28. The molecule has 0 saturated carbocycles. The maximum atomic E-state index is 12.8. The van der Waals surface area contributed by atoms with Crippen molar-refractivity contribution in [3.8, 4) is 0 Å². The molecule has 0 bridgehead atoms. The summed E-state index contributed by atoms with van der Waals surface area (Å²) in [4.78, 5) is 35.4. The summed E-state index contributed by atoms with van der Waals surface area (Å²) >= 11 is 0. The second-order valence-corrected chi connectivity index (χ2v) is 25.1. The van der Waals surface area contributed by atoms with Crippen LogP contribution >= 0.6 is 7.82 Å². The quantitative estimate of drug-likeness (QED) is 0.0264. The van der Waals surface area contributed by atoms with Gasteiger partial charge in [0.2, 0.25) is 0 Å². The topological polar surface area (TPSA) is 134 Å². The van der Waals surface area contributed by atoms with E-state index in [1.54, 1.807) is 0 Å². The van der Waals surface area contributed by atoms with Crippen LogP contribution < -0.4 is 5.73 Å². The van der Waals surface area contributed by atoms with E-state index in [0.717, 1.165) is 135 Å². The number of ether oxygens (including phenoxy) is 2. The minimum Gasteiger partial charge on any atom is -0.462 e. The number of carbonyl (C=O) groups excluding carboxylic acids is 2. The van der Waals surface area contributed by atoms with E-state index in [0.29, 0.717) is 6.42 Å². The smallest absolute Gasteiger partial charge is 0.462 e. The van der Waals surface area contributed by atoms with Crippen molar-refractivity contribution in [2.75, 3.05) is 26.4 Å². The number of hydrogen-bond donors (Lipinski definition) is 2. The molecule has 91 heavy (non-hydrogen) atoms. The van der Waals surface area contributed by atoms with Crippen LogP contribution in [-0.2, 0) is 32.7 Å². The number of esters is 2. The van der Waals surface area contributed by atoms with E-state index in [9.17, 15) is 19.0 Å². The van der Waals surface area contributed by atoms with E-state index in [2.05, 4.69) is 184 Å². The van der Waals surface area contributed by atoms with Gasteiger partial charge in [0.1, 0.15) is 6.61 Å². The highest BCUT2D eigenvalue weighted by molar-refractivity contribution is 7.47. The van der Waals surface area contributed by atoms with E-state index in [-0.39, 0.29) is 38.6 Å². The summed E-state index contributed by atoms with van der Waals surface area (Å²) in [6.45, 7) is 3.50. The molecular formula is C81H134NO8P. The fraction of sp³-hybridized carbons (Fsp3) is 0.630. The Kier molecular flexibility index (Phi) is 70.6. The number of phosphoric ester groups is 1. The Morgan fingerprint density at radius 1 is 0.330 bits per heavy atom. The fourth-order valence-corrected chi connectivity index (χ4v) is 10.5. The van der Waals surface area contributed by atoms with Crippen molar-refractivity contribution in [3.63, 3.8) is 0 Å². The highest BCUT2D eigenvalue weighted by atomic mass is 31.2. The molecule has 2 atom stereocenters. The molecule has 0 aromatic rings. The van der Waals surface area contributed by atoms with Gasteiger partial charge in [-0.15, -0.1) is 0 Å². The van der Waals surface area contributed by atoms with Crippen LogP contribution in [0.15, 0.2) is 170 Å². The van der Waals surface area contributed by atoms with Gasteiger partial charge in [-0.25, -0.2) is 4.57 Å². The Morgan fingerprint density at radius 3 is 0.846 bits per heavy atom. The zero-order valence-electron chi connectivity index (χ0n) is 58.0. The fourth-order valence-electron chi connectivity index (χ4n) is 9.78. The number of nitrogens with two attached hydrogens (primary N) is 1. The molecule has 0 heterocycles. The Morgan fingerprint density at radius 2 is 0.571 bits per heavy atom. The first kappa shape index (κ1) is 86.4. The third-order valence-electron chi connectivity index (χ3n) is 15.1. The lowest BCUT2D eigenvalue weighted by atomic mass is 10.0. The van der Waals surface area contributed by atoms with Crippen molar-refractivity contribution in [2.45, 2.75) is 302 Å². The molecule has 10 heteroatoms. The third-order valence-corrected chi connectivity index (χ3v) is 16.1. The van der Waals surface area contributed by atoms with Crippen molar-refractivity contribution in [2.24, 2.45) is 5.73 Å². The second kappa shape index (κ2) is 74.4. The predicted octanol–water partition coefficient (Wildman–Crippen LogP) is 24.5. The maximum absolute atomic E-state index is 12.8. The number of unbranched alkanes of at least 4 members (excludes halogenated alkanes) is 26. The normalized spacial score (nSPS) is 13.9. The summed E-state index contributed by atoms with van der Waals surface area (Å²) in [5, 5.41) is 0. The van der Waals surface area contributed by atoms with Gasteiger partial charge in [0.05, 0.1) is 13.2 Å². The predicted molar refractivity (Wildman–Crippen MR) is 394 cm³/mol. The maximum Gasteiger partial charge on any atom is 0.472 e. The molecule has 9 nitrogen and oxygen atoms in total. The molecule has 3 N–H and O–H groups in total. The number of rotatable bonds is 67. The summed E-state index contributed by atoms with van der Waals surface area (Å²) in [6, 6.07) is 0. The molecule has 0 aliphatic heterocycles. The molecule has 0 amide bonds. The van der Waals surface area contributed by atoms with E-state index in [1.807, 2.05) is 0 Å². The monoisotopic (exact) mass is 1280 g/mol. The van der Waals surface area contributed by atoms with Gasteiger partial charge < -0.3 is 20.1 Å². The molecule has 0 fully saturated rings. The standard InChI is InChI=1S/C81H134NO8P/c1-3-5-7-9-11-13-15-17-19-21-23-25-27-29-31-33-35-37-39-41-43-45-47-49-51-53-55-57-59-61-63-65-67-69-71-73-80(83)87-77-79(78-89-91(85,86)88-76-75-82)90-81(84)74-72-70-68-66-64-62-60-58-56-54-52-50-48-46-44-42-40-38-36-34-32-30-28-26-24-22-20-18-16-14-12-10-8-6-4-2/h5-8,11-14,17-20,23-26,30,32,36,38,42,44,48,50,54,56,60,62,79H,3-4,9-10,15-16,21-22,27-29,31,33-35,37,39-41,43,45-47,49,51-53,55,57-59,61,63-78,82H2,1-2H3,(H,85,86)/b7-5-,8-6-,13-11-,14-12-,19-17-,20-18-,25-23-,26-24-,32-30-,38-36-,44-42-,50-48-,56-54-,62-60-. The van der Waals surface area contributed by atoms with E-state index < -0.39 is 26.5 Å². The molecule has 0 radical (unpaired) electrons. The van der Waals surface area contributed by atoms with Crippen molar-refractivity contribution in [3.05, 3.63) is 170 Å². The lowest BCUT2D eigenvalue weighted by molar-refractivity contribution is -0.161. The molecule has 2 unspecified atom stereocenters. The highest BCUT2D eigenvalue weighted by Crippen LogP contribution is 2.43. The summed E-state index contributed by atoms with van der Waals surface area (Å²) in [5.74, 6) is -0.859. The summed E-state index contributed by atoms with van der Waals surface area (Å²) in [6.07, 6.45) is 110. The summed E-state index contributed by atoms with van der Waals surface area (Å²) < 4.78 is 33.2. The van der Waals surface area contributed by atoms with E-state index in [1.165, 1.54) is 128 Å². The van der Waals surface area contributed by atoms with E-state index in [4.69, 9.17) is 24.3 Å². The van der Waals surface area contributed by atoms with Gasteiger partial charge in [-0.3, -0.25) is 18.6 Å². The molecule has 0 saturated heterocycles. The molecule has 516 valence electrons. The molecule has 0 aromatic heterocycles. The Balaban J connectivity index is 3.95. The zero-order valence-corrected chi connectivity index (χ0v) is 58.9. The van der Waals surface area contributed by atoms with Crippen LogP contribution in [0, 0.1) is 0 Å². The number of hydrogen-bond acceptors (Lipinski definition) is 8. The SMILES string of the molecule is CC/C=C\C/C=C\C/C=C\C/C=C\C/C=C\C/C=C\C/C=C\C/C=C\C/C=C\C/C=C\CCCCCCC(=O)OC(COC(=O)CCCCCCCCCCCCCCCCCCCCCCCC/C=C\C/C=C\C/C=C\C/C=C\CC)COP(=O)(O)OCCN. The van der Waals surface area contributed by atoms with Gasteiger partial charge in [-0.05, 0) is 128 Å². The Hall–Kier alpha value is -4.63. The van der Waals surface area contributed by atoms with Crippen molar-refractivity contribution in [1.29, 1.82) is 0 Å². The van der Waals surface area contributed by atoms with Crippen molar-refractivity contribution >= 4 is 19.8 Å². The lowest BCUT2D eigenvalue weighted by Crippen LogP contribution is -2.29. The van der Waals surface area contributed by atoms with Crippen LogP contribution in [0.3, 0.4) is 0 Å². The molecular weight excluding hydrogens is 1150 g/mol. The van der Waals surface area contributed by atoms with Crippen LogP contribution in [0.4, 0.5) is 0 Å². The van der Waals surface area contributed by atoms with E-state index >= 15 is 0 Å². The molecule has 0 aliphatic rings. The average molecular weight is 1280 g/mol. The number of phosphoric acid groups is 1. The first-order chi connectivity index (χ1) is 44.8. The first-order valence-corrected chi connectivity index (χ1v) is 38.1. The third kappa shape index (κ3) is 74.3. The van der Waals surface area contributed by atoms with Crippen LogP contribution in [-0.4, -0.2) is 49.3 Å². The summed E-state index contributed by atoms with van der Waals surface area (Å²) in [7, 11) is -4.41. The van der Waals surface area contributed by atoms with Crippen LogP contribution in [0.5, 0.6) is 0 Å². The largest absolute Gasteiger partial charge is 0.472 e. The minimum absolute atomic E-state index is 0.0417. The average Bonchev–Trinajstić information content (AvgIpc) is 3.68. The zero-order chi connectivity index (χ0) is 65.8. The molecule has 0 rings (SSSR count). The molecule has 0 aliphatic carbocycles. The number of carbonyl (C=O) groups is 2. The van der Waals surface area contributed by atoms with Crippen LogP contribution in [0.2, 0.25) is 0 Å². The highest BCUT2D eigenvalue weighted by Gasteiger charge is 2.26. The van der Waals surface area contributed by atoms with Gasteiger partial charge >= 0.3 is 19.8 Å². The minimum atomic E-state index is -4.41. The van der Waals surface area contributed by atoms with Crippen molar-refractivity contribution in [1.82, 2.24) is 0 Å². The van der Waals surface area contributed by atoms with Gasteiger partial charge in [0, 0.05) is 19.4 Å². The van der Waals surface area contributed by atoms with Gasteiger partial charge in [0.15, 0.2) is 6.10 Å². The van der Waals surface area contributed by atoms with Gasteiger partial charge in [-0.1, -0.05) is 325 Å². The van der Waals surface area contributed by atoms with Gasteiger partial charge in [-0.2, -0.15) is 0 Å². The first-order valence-electron chi connectivity index (χ1n) is 36.6. The van der Waals surface area contributed by atoms with Gasteiger partial charge in [0.25, 0.3) is 0 Å². The second-order valence-electron chi connectivity index (χ2n) is 23.7. The molecule has 0 spiro atoms. The lowest BCUT2D eigenvalue weighted by Gasteiger charge is -2.19. The Labute approximate surface area is 559 Å². The molecule has 0 aromatic carbocycles. The summed E-state index contributed by atoms with van der Waals surface area (Å²) in [5.41, 5.74) is 5.40. The van der Waals surface area contributed by atoms with Crippen molar-refractivity contribution < 1.29 is 37.6 Å². The van der Waals surface area contributed by atoms with Crippen LogP contribution in [0.1, 0.15) is 296 Å².